The van der Waals surface area contributed by atoms with Gasteiger partial charge in [-0.2, -0.15) is 0 Å². The van der Waals surface area contributed by atoms with E-state index in [1.54, 1.807) is 60.7 Å². The van der Waals surface area contributed by atoms with E-state index in [0.29, 0.717) is 27.6 Å². The summed E-state index contributed by atoms with van der Waals surface area (Å²) in [7, 11) is -1.00. The van der Waals surface area contributed by atoms with Crippen molar-refractivity contribution in [2.24, 2.45) is 5.92 Å². The minimum Gasteiger partial charge on any atom is -0.506 e. The summed E-state index contributed by atoms with van der Waals surface area (Å²) in [6.07, 6.45) is -1.93. The van der Waals surface area contributed by atoms with E-state index >= 15 is 0 Å². The molecule has 0 aliphatic carbocycles. The van der Waals surface area contributed by atoms with Gasteiger partial charge in [0.25, 0.3) is 5.91 Å². The van der Waals surface area contributed by atoms with Crippen LogP contribution in [0.3, 0.4) is 0 Å². The SMILES string of the molecule is CC(C)C[C@H](NC(=O)CNC(=O)c1cc(Br)cc(COC(=O)[C@@H](O)c2ccccc2)c1Cl)B1OC(=O)[C@H](c2ccccc2)O1. The number of aliphatic hydroxyl groups is 1. The molecule has 0 bridgehead atoms. The van der Waals surface area contributed by atoms with Crippen LogP contribution in [0, 0.1) is 5.92 Å². The average molecular weight is 686 g/mol. The molecule has 3 N–H and O–H groups in total. The number of esters is 1. The van der Waals surface area contributed by atoms with Gasteiger partial charge in [0.2, 0.25) is 5.91 Å². The zero-order chi connectivity index (χ0) is 31.8. The Morgan fingerprint density at radius 2 is 1.73 bits per heavy atom. The molecule has 1 aliphatic rings. The van der Waals surface area contributed by atoms with Crippen molar-refractivity contribution >= 4 is 58.4 Å². The largest absolute Gasteiger partial charge is 0.552 e. The maximum absolute atomic E-state index is 13.0. The molecule has 10 nitrogen and oxygen atoms in total. The number of nitrogens with one attached hydrogen (secondary N) is 2. The number of amides is 2. The van der Waals surface area contributed by atoms with E-state index in [2.05, 4.69) is 26.6 Å². The maximum atomic E-state index is 13.0. The third-order valence-electron chi connectivity index (χ3n) is 6.69. The molecule has 1 heterocycles. The van der Waals surface area contributed by atoms with Gasteiger partial charge in [-0.3, -0.25) is 14.4 Å². The molecular formula is C31H31BBrClN2O8. The third-order valence-corrected chi connectivity index (χ3v) is 7.60. The molecule has 0 aromatic heterocycles. The first-order valence-corrected chi connectivity index (χ1v) is 15.1. The first kappa shape index (κ1) is 33.2. The van der Waals surface area contributed by atoms with E-state index in [0.717, 1.165) is 0 Å². The Bertz CT molecular complexity index is 1490. The lowest BCUT2D eigenvalue weighted by Gasteiger charge is -2.21. The van der Waals surface area contributed by atoms with Crippen molar-refractivity contribution in [3.8, 4) is 0 Å². The van der Waals surface area contributed by atoms with Crippen LogP contribution in [0.2, 0.25) is 5.02 Å². The number of carbonyl (C=O) groups excluding carboxylic acids is 4. The van der Waals surface area contributed by atoms with E-state index in [9.17, 15) is 24.3 Å². The van der Waals surface area contributed by atoms with Gasteiger partial charge in [0.05, 0.1) is 23.1 Å². The summed E-state index contributed by atoms with van der Waals surface area (Å²) in [6, 6.07) is 20.3. The fourth-order valence-corrected chi connectivity index (χ4v) is 5.34. The fourth-order valence-electron chi connectivity index (χ4n) is 4.59. The molecule has 1 aliphatic heterocycles. The number of carbonyl (C=O) groups is 4. The van der Waals surface area contributed by atoms with E-state index < -0.39 is 55.6 Å². The Morgan fingerprint density at radius 1 is 1.07 bits per heavy atom. The van der Waals surface area contributed by atoms with Crippen LogP contribution in [0.5, 0.6) is 0 Å². The lowest BCUT2D eigenvalue weighted by atomic mass is 9.74. The molecule has 2 amide bonds. The molecule has 0 saturated carbocycles. The Balaban J connectivity index is 1.35. The van der Waals surface area contributed by atoms with Crippen molar-refractivity contribution in [2.45, 2.75) is 45.0 Å². The molecule has 3 atom stereocenters. The number of rotatable bonds is 12. The number of benzene rings is 3. The molecule has 4 rings (SSSR count). The van der Waals surface area contributed by atoms with Crippen LogP contribution in [0.15, 0.2) is 77.3 Å². The summed E-state index contributed by atoms with van der Waals surface area (Å²) in [6.45, 7) is 3.22. The first-order valence-electron chi connectivity index (χ1n) is 13.9. The molecule has 230 valence electrons. The Kier molecular flexibility index (Phi) is 11.6. The van der Waals surface area contributed by atoms with Crippen LogP contribution in [0.4, 0.5) is 0 Å². The summed E-state index contributed by atoms with van der Waals surface area (Å²) >= 11 is 9.80. The van der Waals surface area contributed by atoms with Crippen LogP contribution in [0.25, 0.3) is 0 Å². The van der Waals surface area contributed by atoms with E-state index in [4.69, 9.17) is 25.6 Å². The van der Waals surface area contributed by atoms with Gasteiger partial charge in [-0.05, 0) is 35.6 Å². The van der Waals surface area contributed by atoms with Gasteiger partial charge in [0, 0.05) is 10.0 Å². The molecule has 1 saturated heterocycles. The van der Waals surface area contributed by atoms with Gasteiger partial charge in [-0.15, -0.1) is 0 Å². The van der Waals surface area contributed by atoms with Crippen molar-refractivity contribution in [1.29, 1.82) is 0 Å². The minimum absolute atomic E-state index is 0.0176. The van der Waals surface area contributed by atoms with E-state index in [1.807, 2.05) is 19.9 Å². The highest BCUT2D eigenvalue weighted by atomic mass is 79.9. The average Bonchev–Trinajstić information content (AvgIpc) is 3.41. The minimum atomic E-state index is -1.48. The van der Waals surface area contributed by atoms with Crippen molar-refractivity contribution in [1.82, 2.24) is 10.6 Å². The quantitative estimate of drug-likeness (QED) is 0.187. The van der Waals surface area contributed by atoms with Crippen molar-refractivity contribution < 1.29 is 38.3 Å². The van der Waals surface area contributed by atoms with E-state index in [-0.39, 0.29) is 23.1 Å². The van der Waals surface area contributed by atoms with Gasteiger partial charge in [-0.1, -0.05) is 102 Å². The predicted molar refractivity (Wildman–Crippen MR) is 166 cm³/mol. The van der Waals surface area contributed by atoms with Gasteiger partial charge in [-0.25, -0.2) is 4.79 Å². The Morgan fingerprint density at radius 3 is 2.39 bits per heavy atom. The summed E-state index contributed by atoms with van der Waals surface area (Å²) < 4.78 is 17.1. The van der Waals surface area contributed by atoms with Crippen molar-refractivity contribution in [3.63, 3.8) is 0 Å². The molecule has 3 aromatic rings. The van der Waals surface area contributed by atoms with Crippen LogP contribution in [0.1, 0.15) is 59.5 Å². The summed E-state index contributed by atoms with van der Waals surface area (Å²) in [5.74, 6) is -3.11. The second-order valence-corrected chi connectivity index (χ2v) is 11.9. The second-order valence-electron chi connectivity index (χ2n) is 10.6. The third kappa shape index (κ3) is 8.69. The number of hydrogen-bond acceptors (Lipinski definition) is 8. The first-order chi connectivity index (χ1) is 21.0. The van der Waals surface area contributed by atoms with Crippen LogP contribution in [-0.2, 0) is 35.0 Å². The smallest absolute Gasteiger partial charge is 0.506 e. The van der Waals surface area contributed by atoms with Gasteiger partial charge in [0.15, 0.2) is 12.2 Å². The van der Waals surface area contributed by atoms with Crippen molar-refractivity contribution in [2.75, 3.05) is 6.54 Å². The number of aliphatic hydroxyl groups excluding tert-OH is 1. The summed E-state index contributed by atoms with van der Waals surface area (Å²) in [5, 5.41) is 15.6. The molecule has 0 spiro atoms. The predicted octanol–water partition coefficient (Wildman–Crippen LogP) is 4.48. The van der Waals surface area contributed by atoms with Crippen LogP contribution >= 0.6 is 27.5 Å². The molecule has 1 fully saturated rings. The maximum Gasteiger partial charge on any atom is 0.552 e. The summed E-state index contributed by atoms with van der Waals surface area (Å²) in [5.41, 5.74) is 1.38. The Hall–Kier alpha value is -3.71. The second kappa shape index (κ2) is 15.3. The number of ether oxygens (including phenoxy) is 1. The lowest BCUT2D eigenvalue weighted by Crippen LogP contribution is -2.50. The number of hydrogen-bond donors (Lipinski definition) is 3. The molecule has 44 heavy (non-hydrogen) atoms. The highest BCUT2D eigenvalue weighted by molar-refractivity contribution is 9.10. The standard InChI is InChI=1S/C31H31BBrClN2O8/c1-18(2)13-24(32-43-28(31(41)44-32)20-11-7-4-8-12-20)36-25(37)16-35-29(39)23-15-22(33)14-21(26(23)34)17-42-30(40)27(38)19-9-5-3-6-10-19/h3-12,14-15,18,24,27-28,38H,13,16-17H2,1-2H3,(H,35,39)(H,36,37)/t24-,27-,28-/m0/s1. The Labute approximate surface area is 268 Å². The molecule has 0 unspecified atom stereocenters. The normalized spacial score (nSPS) is 15.8. The number of halogens is 2. The lowest BCUT2D eigenvalue weighted by molar-refractivity contribution is -0.155. The zero-order valence-electron chi connectivity index (χ0n) is 24.0. The highest BCUT2D eigenvalue weighted by Crippen LogP contribution is 2.29. The molecule has 0 radical (unpaired) electrons. The van der Waals surface area contributed by atoms with E-state index in [1.165, 1.54) is 6.07 Å². The summed E-state index contributed by atoms with van der Waals surface area (Å²) in [4.78, 5) is 50.8. The molecular weight excluding hydrogens is 655 g/mol. The van der Waals surface area contributed by atoms with Crippen LogP contribution < -0.4 is 10.6 Å². The monoisotopic (exact) mass is 684 g/mol. The van der Waals surface area contributed by atoms with Crippen LogP contribution in [-0.4, -0.2) is 48.5 Å². The fraction of sp³-hybridized carbons (Fsp3) is 0.290. The van der Waals surface area contributed by atoms with Gasteiger partial charge < -0.3 is 29.8 Å². The molecule has 3 aromatic carbocycles. The topological polar surface area (TPSA) is 140 Å². The highest BCUT2D eigenvalue weighted by Gasteiger charge is 2.46. The van der Waals surface area contributed by atoms with Gasteiger partial charge in [0.1, 0.15) is 6.61 Å². The molecule has 13 heteroatoms. The van der Waals surface area contributed by atoms with Gasteiger partial charge >= 0.3 is 19.1 Å². The van der Waals surface area contributed by atoms with Crippen molar-refractivity contribution in [3.05, 3.63) is 105 Å². The zero-order valence-corrected chi connectivity index (χ0v) is 26.3.